The van der Waals surface area contributed by atoms with Crippen molar-refractivity contribution in [2.45, 2.75) is 6.92 Å². The molecule has 1 aliphatic heterocycles. The van der Waals surface area contributed by atoms with Gasteiger partial charge in [-0.3, -0.25) is 0 Å². The van der Waals surface area contributed by atoms with Gasteiger partial charge in [0.2, 0.25) is 5.95 Å². The van der Waals surface area contributed by atoms with Gasteiger partial charge in [-0.25, -0.2) is 14.4 Å². The van der Waals surface area contributed by atoms with E-state index in [-0.39, 0.29) is 5.82 Å². The third kappa shape index (κ3) is 2.81. The molecule has 0 saturated carbocycles. The van der Waals surface area contributed by atoms with Crippen LogP contribution in [0.2, 0.25) is 0 Å². The minimum absolute atomic E-state index is 0.379. The molecular formula is C10H14FN3S. The second-order valence-corrected chi connectivity index (χ2v) is 4.98. The van der Waals surface area contributed by atoms with Crippen molar-refractivity contribution in [3.63, 3.8) is 0 Å². The Kier molecular flexibility index (Phi) is 3.41. The van der Waals surface area contributed by atoms with Crippen molar-refractivity contribution >= 4 is 17.7 Å². The van der Waals surface area contributed by atoms with Gasteiger partial charge in [-0.1, -0.05) is 6.92 Å². The van der Waals surface area contributed by atoms with Gasteiger partial charge in [0.15, 0.2) is 5.82 Å². The number of halogens is 1. The first-order valence-electron chi connectivity index (χ1n) is 5.06. The molecule has 1 fully saturated rings. The molecule has 1 aromatic rings. The number of nitrogens with zero attached hydrogens (tertiary/aromatic N) is 3. The van der Waals surface area contributed by atoms with Crippen molar-refractivity contribution in [2.24, 2.45) is 5.92 Å². The molecule has 1 atom stereocenters. The molecule has 0 aromatic carbocycles. The molecule has 0 N–H and O–H groups in total. The van der Waals surface area contributed by atoms with Crippen LogP contribution in [0.3, 0.4) is 0 Å². The molecule has 1 aliphatic rings. The highest BCUT2D eigenvalue weighted by molar-refractivity contribution is 7.99. The first kappa shape index (κ1) is 10.7. The molecule has 0 spiro atoms. The SMILES string of the molecule is C[C@H]1CSCCN(c2ncc(F)cn2)C1. The number of rotatable bonds is 1. The van der Waals surface area contributed by atoms with E-state index in [1.807, 2.05) is 11.8 Å². The second-order valence-electron chi connectivity index (χ2n) is 3.83. The molecule has 0 amide bonds. The molecule has 1 saturated heterocycles. The van der Waals surface area contributed by atoms with Crippen LogP contribution in [0.4, 0.5) is 10.3 Å². The summed E-state index contributed by atoms with van der Waals surface area (Å²) in [4.78, 5) is 10.1. The average Bonchev–Trinajstić information content (AvgIpc) is 2.44. The highest BCUT2D eigenvalue weighted by atomic mass is 32.2. The van der Waals surface area contributed by atoms with Gasteiger partial charge in [0.1, 0.15) is 0 Å². The first-order chi connectivity index (χ1) is 7.25. The Balaban J connectivity index is 2.11. The van der Waals surface area contributed by atoms with Gasteiger partial charge in [-0.15, -0.1) is 0 Å². The van der Waals surface area contributed by atoms with Gasteiger partial charge in [-0.05, 0) is 11.7 Å². The van der Waals surface area contributed by atoms with Crippen molar-refractivity contribution in [3.05, 3.63) is 18.2 Å². The zero-order chi connectivity index (χ0) is 10.7. The summed E-state index contributed by atoms with van der Waals surface area (Å²) >= 11 is 1.95. The fourth-order valence-electron chi connectivity index (χ4n) is 1.63. The van der Waals surface area contributed by atoms with Crippen LogP contribution in [0.5, 0.6) is 0 Å². The lowest BCUT2D eigenvalue weighted by Gasteiger charge is -2.21. The smallest absolute Gasteiger partial charge is 0.225 e. The lowest BCUT2D eigenvalue weighted by Crippen LogP contribution is -2.30. The predicted octanol–water partition coefficient (Wildman–Crippen LogP) is 1.80. The monoisotopic (exact) mass is 227 g/mol. The first-order valence-corrected chi connectivity index (χ1v) is 6.21. The highest BCUT2D eigenvalue weighted by Gasteiger charge is 2.16. The molecule has 3 nitrogen and oxygen atoms in total. The van der Waals surface area contributed by atoms with Crippen LogP contribution < -0.4 is 4.90 Å². The Labute approximate surface area is 93.1 Å². The van der Waals surface area contributed by atoms with Gasteiger partial charge in [-0.2, -0.15) is 11.8 Å². The third-order valence-corrected chi connectivity index (χ3v) is 3.61. The molecule has 5 heteroatoms. The maximum absolute atomic E-state index is 12.7. The van der Waals surface area contributed by atoms with E-state index in [0.29, 0.717) is 11.9 Å². The largest absolute Gasteiger partial charge is 0.340 e. The molecule has 2 heterocycles. The lowest BCUT2D eigenvalue weighted by molar-refractivity contribution is 0.601. The molecule has 82 valence electrons. The standard InChI is InChI=1S/C10H14FN3S/c1-8-6-14(2-3-15-7-8)10-12-4-9(11)5-13-10/h4-5,8H,2-3,6-7H2,1H3/t8-/m1/s1. The van der Waals surface area contributed by atoms with Crippen LogP contribution in [-0.2, 0) is 0 Å². The van der Waals surface area contributed by atoms with Crippen molar-refractivity contribution < 1.29 is 4.39 Å². The van der Waals surface area contributed by atoms with Gasteiger partial charge >= 0.3 is 0 Å². The van der Waals surface area contributed by atoms with E-state index in [1.54, 1.807) is 0 Å². The summed E-state index contributed by atoms with van der Waals surface area (Å²) in [7, 11) is 0. The van der Waals surface area contributed by atoms with E-state index in [9.17, 15) is 4.39 Å². The number of hydrogen-bond acceptors (Lipinski definition) is 4. The Morgan fingerprint density at radius 2 is 2.20 bits per heavy atom. The fraction of sp³-hybridized carbons (Fsp3) is 0.600. The summed E-state index contributed by atoms with van der Waals surface area (Å²) in [6.45, 7) is 4.12. The molecule has 15 heavy (non-hydrogen) atoms. The topological polar surface area (TPSA) is 29.0 Å². The summed E-state index contributed by atoms with van der Waals surface area (Å²) in [5, 5.41) is 0. The van der Waals surface area contributed by atoms with Crippen LogP contribution in [-0.4, -0.2) is 34.6 Å². The van der Waals surface area contributed by atoms with E-state index in [1.165, 1.54) is 18.1 Å². The average molecular weight is 227 g/mol. The molecule has 1 aromatic heterocycles. The van der Waals surface area contributed by atoms with Crippen molar-refractivity contribution in [2.75, 3.05) is 29.5 Å². The number of aromatic nitrogens is 2. The zero-order valence-corrected chi connectivity index (χ0v) is 9.50. The Hall–Kier alpha value is -0.840. The van der Waals surface area contributed by atoms with E-state index in [2.05, 4.69) is 21.8 Å². The predicted molar refractivity (Wildman–Crippen MR) is 60.7 cm³/mol. The van der Waals surface area contributed by atoms with E-state index in [0.717, 1.165) is 18.8 Å². The van der Waals surface area contributed by atoms with Gasteiger partial charge < -0.3 is 4.90 Å². The second kappa shape index (κ2) is 4.79. The number of anilines is 1. The van der Waals surface area contributed by atoms with Crippen molar-refractivity contribution in [1.82, 2.24) is 9.97 Å². The summed E-state index contributed by atoms with van der Waals surface area (Å²) < 4.78 is 12.7. The molecular weight excluding hydrogens is 213 g/mol. The van der Waals surface area contributed by atoms with Crippen LogP contribution in [0.1, 0.15) is 6.92 Å². The Morgan fingerprint density at radius 1 is 1.47 bits per heavy atom. The normalized spacial score (nSPS) is 22.5. The number of thioether (sulfide) groups is 1. The Morgan fingerprint density at radius 3 is 2.93 bits per heavy atom. The van der Waals surface area contributed by atoms with Gasteiger partial charge in [0.05, 0.1) is 12.4 Å². The molecule has 0 radical (unpaired) electrons. The highest BCUT2D eigenvalue weighted by Crippen LogP contribution is 2.18. The third-order valence-electron chi connectivity index (χ3n) is 2.33. The Bertz CT molecular complexity index is 317. The molecule has 0 aliphatic carbocycles. The van der Waals surface area contributed by atoms with Gasteiger partial charge in [0.25, 0.3) is 0 Å². The molecule has 2 rings (SSSR count). The minimum atomic E-state index is -0.379. The van der Waals surface area contributed by atoms with Crippen LogP contribution in [0.25, 0.3) is 0 Å². The van der Waals surface area contributed by atoms with Crippen molar-refractivity contribution in [1.29, 1.82) is 0 Å². The van der Waals surface area contributed by atoms with Crippen LogP contribution in [0, 0.1) is 11.7 Å². The van der Waals surface area contributed by atoms with Crippen LogP contribution in [0.15, 0.2) is 12.4 Å². The summed E-state index contributed by atoms with van der Waals surface area (Å²) in [6.07, 6.45) is 2.45. The summed E-state index contributed by atoms with van der Waals surface area (Å²) in [5.41, 5.74) is 0. The van der Waals surface area contributed by atoms with Crippen LogP contribution >= 0.6 is 11.8 Å². The number of hydrogen-bond donors (Lipinski definition) is 0. The van der Waals surface area contributed by atoms with E-state index < -0.39 is 0 Å². The summed E-state index contributed by atoms with van der Waals surface area (Å²) in [5.74, 6) is 3.16. The molecule has 0 bridgehead atoms. The molecule has 0 unspecified atom stereocenters. The van der Waals surface area contributed by atoms with Gasteiger partial charge in [0, 0.05) is 18.8 Å². The minimum Gasteiger partial charge on any atom is -0.340 e. The summed E-state index contributed by atoms with van der Waals surface area (Å²) in [6, 6.07) is 0. The van der Waals surface area contributed by atoms with E-state index >= 15 is 0 Å². The lowest BCUT2D eigenvalue weighted by atomic mass is 10.2. The van der Waals surface area contributed by atoms with E-state index in [4.69, 9.17) is 0 Å². The maximum atomic E-state index is 12.7. The quantitative estimate of drug-likeness (QED) is 0.731. The zero-order valence-electron chi connectivity index (χ0n) is 8.69. The maximum Gasteiger partial charge on any atom is 0.225 e. The van der Waals surface area contributed by atoms with Crippen molar-refractivity contribution in [3.8, 4) is 0 Å². The fourth-order valence-corrected chi connectivity index (χ4v) is 2.65.